The Morgan fingerprint density at radius 3 is 2.19 bits per heavy atom. The molecule has 0 saturated heterocycles. The van der Waals surface area contributed by atoms with Gasteiger partial charge in [-0.25, -0.2) is 8.42 Å². The van der Waals surface area contributed by atoms with Crippen LogP contribution >= 0.6 is 0 Å². The summed E-state index contributed by atoms with van der Waals surface area (Å²) >= 11 is 0. The van der Waals surface area contributed by atoms with Gasteiger partial charge in [0.1, 0.15) is 18.0 Å². The van der Waals surface area contributed by atoms with Crippen molar-refractivity contribution in [2.24, 2.45) is 0 Å². The largest absolute Gasteiger partial charge is 0.494 e. The van der Waals surface area contributed by atoms with E-state index in [4.69, 9.17) is 9.47 Å². The number of anilines is 1. The molecule has 2 rings (SSSR count). The van der Waals surface area contributed by atoms with Crippen molar-refractivity contribution in [2.75, 3.05) is 31.2 Å². The summed E-state index contributed by atoms with van der Waals surface area (Å²) in [6.45, 7) is 4.13. The fourth-order valence-electron chi connectivity index (χ4n) is 2.39. The Balaban J connectivity index is 2.45. The summed E-state index contributed by atoms with van der Waals surface area (Å²) in [6, 6.07) is 12.6. The Kier molecular flexibility index (Phi) is 7.06. The zero-order valence-corrected chi connectivity index (χ0v) is 16.4. The molecule has 7 nitrogen and oxygen atoms in total. The van der Waals surface area contributed by atoms with Crippen molar-refractivity contribution in [2.45, 2.75) is 18.7 Å². The molecule has 2 aromatic rings. The number of nitrogens with zero attached hydrogens (tertiary/aromatic N) is 1. The van der Waals surface area contributed by atoms with Gasteiger partial charge in [-0.2, -0.15) is 0 Å². The summed E-state index contributed by atoms with van der Waals surface area (Å²) in [7, 11) is -2.79. The normalized spacial score (nSPS) is 10.9. The van der Waals surface area contributed by atoms with Crippen molar-refractivity contribution in [1.29, 1.82) is 0 Å². The Labute approximate surface area is 159 Å². The smallest absolute Gasteiger partial charge is 0.326 e. The quantitative estimate of drug-likeness (QED) is 0.610. The van der Waals surface area contributed by atoms with Crippen LogP contribution in [0.4, 0.5) is 5.69 Å². The molecule has 0 heterocycles. The minimum atomic E-state index is -4.00. The van der Waals surface area contributed by atoms with E-state index in [1.165, 1.54) is 19.2 Å². The molecule has 0 aliphatic carbocycles. The molecule has 27 heavy (non-hydrogen) atoms. The van der Waals surface area contributed by atoms with Gasteiger partial charge in [0.2, 0.25) is 0 Å². The van der Waals surface area contributed by atoms with Crippen molar-refractivity contribution in [3.8, 4) is 11.5 Å². The Morgan fingerprint density at radius 1 is 0.963 bits per heavy atom. The number of esters is 1. The van der Waals surface area contributed by atoms with Crippen LogP contribution in [0.1, 0.15) is 13.8 Å². The van der Waals surface area contributed by atoms with Gasteiger partial charge >= 0.3 is 5.97 Å². The maximum absolute atomic E-state index is 13.2. The molecule has 0 radical (unpaired) electrons. The van der Waals surface area contributed by atoms with Gasteiger partial charge in [-0.3, -0.25) is 9.10 Å². The number of benzene rings is 2. The van der Waals surface area contributed by atoms with Crippen LogP contribution in [0.3, 0.4) is 0 Å². The Hall–Kier alpha value is -2.74. The second kappa shape index (κ2) is 9.27. The molecular formula is C19H23NO6S. The molecule has 0 aromatic heterocycles. The molecule has 0 bridgehead atoms. The van der Waals surface area contributed by atoms with Gasteiger partial charge in [-0.1, -0.05) is 6.07 Å². The van der Waals surface area contributed by atoms with E-state index in [1.54, 1.807) is 36.4 Å². The number of hydrogen-bond acceptors (Lipinski definition) is 6. The number of methoxy groups -OCH3 is 1. The first-order valence-corrected chi connectivity index (χ1v) is 9.91. The average Bonchev–Trinajstić information content (AvgIpc) is 2.67. The lowest BCUT2D eigenvalue weighted by molar-refractivity contribution is -0.138. The SMILES string of the molecule is CCOc1ccc(S(=O)(=O)N(CC(=O)OC)c2cccc(OCC)c2)cc1. The molecule has 0 aliphatic heterocycles. The van der Waals surface area contributed by atoms with Crippen molar-refractivity contribution in [3.63, 3.8) is 0 Å². The fraction of sp³-hybridized carbons (Fsp3) is 0.316. The van der Waals surface area contributed by atoms with Gasteiger partial charge in [0.05, 0.1) is 30.9 Å². The summed E-state index contributed by atoms with van der Waals surface area (Å²) in [5.74, 6) is 0.396. The van der Waals surface area contributed by atoms with Crippen molar-refractivity contribution in [3.05, 3.63) is 48.5 Å². The van der Waals surface area contributed by atoms with Gasteiger partial charge in [0, 0.05) is 6.07 Å². The predicted octanol–water partition coefficient (Wildman–Crippen LogP) is 2.85. The predicted molar refractivity (Wildman–Crippen MR) is 102 cm³/mol. The van der Waals surface area contributed by atoms with E-state index in [1.807, 2.05) is 13.8 Å². The first-order chi connectivity index (χ1) is 12.9. The fourth-order valence-corrected chi connectivity index (χ4v) is 3.79. The number of rotatable bonds is 9. The number of carbonyl (C=O) groups is 1. The number of ether oxygens (including phenoxy) is 3. The van der Waals surface area contributed by atoms with E-state index in [9.17, 15) is 13.2 Å². The monoisotopic (exact) mass is 393 g/mol. The maximum Gasteiger partial charge on any atom is 0.326 e. The van der Waals surface area contributed by atoms with E-state index >= 15 is 0 Å². The second-order valence-corrected chi connectivity index (χ2v) is 7.28. The van der Waals surface area contributed by atoms with Crippen LogP contribution in [0.5, 0.6) is 11.5 Å². The highest BCUT2D eigenvalue weighted by Crippen LogP contribution is 2.28. The molecule has 0 saturated carbocycles. The Bertz CT molecular complexity index is 864. The first-order valence-electron chi connectivity index (χ1n) is 8.47. The highest BCUT2D eigenvalue weighted by atomic mass is 32.2. The van der Waals surface area contributed by atoms with E-state index in [0.717, 1.165) is 4.31 Å². The van der Waals surface area contributed by atoms with Crippen LogP contribution in [0, 0.1) is 0 Å². The molecule has 0 N–H and O–H groups in total. The molecule has 0 aliphatic rings. The van der Waals surface area contributed by atoms with Gasteiger partial charge in [-0.05, 0) is 50.2 Å². The Morgan fingerprint density at radius 2 is 1.59 bits per heavy atom. The summed E-state index contributed by atoms with van der Waals surface area (Å²) in [5.41, 5.74) is 0.306. The minimum Gasteiger partial charge on any atom is -0.494 e. The van der Waals surface area contributed by atoms with Crippen LogP contribution in [0.15, 0.2) is 53.4 Å². The van der Waals surface area contributed by atoms with E-state index in [2.05, 4.69) is 4.74 Å². The molecule has 0 fully saturated rings. The third-order valence-corrected chi connectivity index (χ3v) is 5.43. The third kappa shape index (κ3) is 5.13. The van der Waals surface area contributed by atoms with Crippen LogP contribution in [-0.4, -0.2) is 41.3 Å². The molecule has 0 spiro atoms. The van der Waals surface area contributed by atoms with Gasteiger partial charge in [-0.15, -0.1) is 0 Å². The minimum absolute atomic E-state index is 0.0386. The molecule has 0 amide bonds. The van der Waals surface area contributed by atoms with Crippen LogP contribution in [0.25, 0.3) is 0 Å². The van der Waals surface area contributed by atoms with Crippen LogP contribution < -0.4 is 13.8 Å². The summed E-state index contributed by atoms with van der Waals surface area (Å²) in [5, 5.41) is 0. The average molecular weight is 393 g/mol. The van der Waals surface area contributed by atoms with Gasteiger partial charge in [0.25, 0.3) is 10.0 Å². The molecule has 2 aromatic carbocycles. The maximum atomic E-state index is 13.2. The molecular weight excluding hydrogens is 370 g/mol. The van der Waals surface area contributed by atoms with Crippen molar-refractivity contribution >= 4 is 21.7 Å². The topological polar surface area (TPSA) is 82.1 Å². The highest BCUT2D eigenvalue weighted by molar-refractivity contribution is 7.92. The lowest BCUT2D eigenvalue weighted by Gasteiger charge is -2.24. The van der Waals surface area contributed by atoms with Crippen LogP contribution in [-0.2, 0) is 19.6 Å². The first kappa shape index (κ1) is 20.6. The summed E-state index contributed by atoms with van der Waals surface area (Å²) < 4.78 is 42.8. The lowest BCUT2D eigenvalue weighted by atomic mass is 10.3. The number of sulfonamides is 1. The molecule has 0 unspecified atom stereocenters. The number of hydrogen-bond donors (Lipinski definition) is 0. The van der Waals surface area contributed by atoms with Crippen molar-refractivity contribution < 1.29 is 27.4 Å². The highest BCUT2D eigenvalue weighted by Gasteiger charge is 2.28. The molecule has 146 valence electrons. The van der Waals surface area contributed by atoms with Gasteiger partial charge in [0.15, 0.2) is 0 Å². The summed E-state index contributed by atoms with van der Waals surface area (Å²) in [6.07, 6.45) is 0. The van der Waals surface area contributed by atoms with Gasteiger partial charge < -0.3 is 14.2 Å². The van der Waals surface area contributed by atoms with E-state index < -0.39 is 22.5 Å². The standard InChI is InChI=1S/C19H23NO6S/c1-4-25-16-9-11-18(12-10-16)27(22,23)20(14-19(21)24-3)15-7-6-8-17(13-15)26-5-2/h6-13H,4-5,14H2,1-3H3. The molecule has 8 heteroatoms. The zero-order chi connectivity index (χ0) is 19.9. The van der Waals surface area contributed by atoms with E-state index in [0.29, 0.717) is 30.4 Å². The van der Waals surface area contributed by atoms with E-state index in [-0.39, 0.29) is 4.90 Å². The molecule has 0 atom stereocenters. The second-order valence-electron chi connectivity index (χ2n) is 5.42. The van der Waals surface area contributed by atoms with Crippen molar-refractivity contribution in [1.82, 2.24) is 0 Å². The van der Waals surface area contributed by atoms with Crippen LogP contribution in [0.2, 0.25) is 0 Å². The lowest BCUT2D eigenvalue weighted by Crippen LogP contribution is -2.36. The number of carbonyl (C=O) groups excluding carboxylic acids is 1. The summed E-state index contributed by atoms with van der Waals surface area (Å²) in [4.78, 5) is 11.9. The zero-order valence-electron chi connectivity index (χ0n) is 15.5. The third-order valence-electron chi connectivity index (χ3n) is 3.64.